The monoisotopic (exact) mass is 286 g/mol. The number of rotatable bonds is 4. The number of carbonyl (C=O) groups is 2. The molecule has 1 saturated carbocycles. The predicted octanol–water partition coefficient (Wildman–Crippen LogP) is 1.84. The summed E-state index contributed by atoms with van der Waals surface area (Å²) in [6.07, 6.45) is 3.41. The smallest absolute Gasteiger partial charge is 0.407 e. The van der Waals surface area contributed by atoms with Gasteiger partial charge in [0.1, 0.15) is 5.60 Å². The summed E-state index contributed by atoms with van der Waals surface area (Å²) < 4.78 is 5.26. The SMILES string of the molecule is CN(CC(=O)O)[C@H]1CCCC[C@@H]1NC(=O)OC(C)(C)C. The van der Waals surface area contributed by atoms with Gasteiger partial charge in [0.15, 0.2) is 0 Å². The lowest BCUT2D eigenvalue weighted by molar-refractivity contribution is -0.138. The Labute approximate surface area is 120 Å². The summed E-state index contributed by atoms with van der Waals surface area (Å²) in [6.45, 7) is 5.45. The highest BCUT2D eigenvalue weighted by molar-refractivity contribution is 5.69. The lowest BCUT2D eigenvalue weighted by Crippen LogP contribution is -2.53. The van der Waals surface area contributed by atoms with E-state index >= 15 is 0 Å². The van der Waals surface area contributed by atoms with E-state index in [-0.39, 0.29) is 18.6 Å². The number of carboxylic acids is 1. The molecule has 0 aromatic carbocycles. The fourth-order valence-corrected chi connectivity index (χ4v) is 2.60. The topological polar surface area (TPSA) is 78.9 Å². The second-order valence-electron chi connectivity index (χ2n) is 6.41. The van der Waals surface area contributed by atoms with Crippen LogP contribution in [0.2, 0.25) is 0 Å². The minimum atomic E-state index is -0.853. The Morgan fingerprint density at radius 1 is 1.30 bits per heavy atom. The molecule has 0 aliphatic heterocycles. The molecule has 6 nitrogen and oxygen atoms in total. The van der Waals surface area contributed by atoms with Crippen LogP contribution >= 0.6 is 0 Å². The molecule has 0 aromatic heterocycles. The van der Waals surface area contributed by atoms with Crippen LogP contribution in [0.3, 0.4) is 0 Å². The Kier molecular flexibility index (Phi) is 5.80. The van der Waals surface area contributed by atoms with Crippen molar-refractivity contribution < 1.29 is 19.4 Å². The highest BCUT2D eigenvalue weighted by atomic mass is 16.6. The summed E-state index contributed by atoms with van der Waals surface area (Å²) in [7, 11) is 1.79. The molecule has 20 heavy (non-hydrogen) atoms. The first-order valence-electron chi connectivity index (χ1n) is 7.10. The van der Waals surface area contributed by atoms with Gasteiger partial charge in [-0.1, -0.05) is 12.8 Å². The Bertz CT molecular complexity index is 352. The summed E-state index contributed by atoms with van der Waals surface area (Å²) in [6, 6.07) is -0.00433. The molecular formula is C14H26N2O4. The lowest BCUT2D eigenvalue weighted by Gasteiger charge is -2.37. The molecule has 1 amide bonds. The van der Waals surface area contributed by atoms with Crippen molar-refractivity contribution in [2.75, 3.05) is 13.6 Å². The molecule has 2 atom stereocenters. The zero-order valence-corrected chi connectivity index (χ0v) is 12.8. The lowest BCUT2D eigenvalue weighted by atomic mass is 9.89. The Hall–Kier alpha value is -1.30. The Morgan fingerprint density at radius 3 is 2.45 bits per heavy atom. The van der Waals surface area contributed by atoms with E-state index in [0.717, 1.165) is 25.7 Å². The standard InChI is InChI=1S/C14H26N2O4/c1-14(2,3)20-13(19)15-10-7-5-6-8-11(10)16(4)9-12(17)18/h10-11H,5-9H2,1-4H3,(H,15,19)(H,17,18)/t10-,11-/m0/s1. The van der Waals surface area contributed by atoms with Crippen LogP contribution in [0.15, 0.2) is 0 Å². The average Bonchev–Trinajstić information content (AvgIpc) is 2.25. The zero-order valence-electron chi connectivity index (χ0n) is 12.8. The predicted molar refractivity (Wildman–Crippen MR) is 75.7 cm³/mol. The van der Waals surface area contributed by atoms with Gasteiger partial charge in [-0.3, -0.25) is 9.69 Å². The van der Waals surface area contributed by atoms with Gasteiger partial charge in [0, 0.05) is 12.1 Å². The highest BCUT2D eigenvalue weighted by Crippen LogP contribution is 2.23. The van der Waals surface area contributed by atoms with Crippen LogP contribution < -0.4 is 5.32 Å². The van der Waals surface area contributed by atoms with Gasteiger partial charge in [0.05, 0.1) is 6.54 Å². The van der Waals surface area contributed by atoms with Crippen LogP contribution in [0, 0.1) is 0 Å². The number of carbonyl (C=O) groups excluding carboxylic acids is 1. The van der Waals surface area contributed by atoms with Crippen LogP contribution in [0.25, 0.3) is 0 Å². The number of likely N-dealkylation sites (N-methyl/N-ethyl adjacent to an activating group) is 1. The summed E-state index contributed by atoms with van der Waals surface area (Å²) >= 11 is 0. The molecule has 2 N–H and O–H groups in total. The van der Waals surface area contributed by atoms with Crippen LogP contribution in [0.1, 0.15) is 46.5 Å². The number of carboxylic acid groups (broad SMARTS) is 1. The maximum Gasteiger partial charge on any atom is 0.407 e. The number of amides is 1. The van der Waals surface area contributed by atoms with Gasteiger partial charge in [0.2, 0.25) is 0 Å². The molecule has 6 heteroatoms. The van der Waals surface area contributed by atoms with Gasteiger partial charge in [-0.15, -0.1) is 0 Å². The number of hydrogen-bond acceptors (Lipinski definition) is 4. The van der Waals surface area contributed by atoms with Crippen molar-refractivity contribution in [1.29, 1.82) is 0 Å². The normalized spacial score (nSPS) is 23.4. The molecule has 0 spiro atoms. The Balaban J connectivity index is 2.60. The molecule has 0 heterocycles. The van der Waals surface area contributed by atoms with Crippen molar-refractivity contribution in [2.24, 2.45) is 0 Å². The van der Waals surface area contributed by atoms with Gasteiger partial charge in [-0.05, 0) is 40.7 Å². The largest absolute Gasteiger partial charge is 0.480 e. The van der Waals surface area contributed by atoms with Gasteiger partial charge < -0.3 is 15.2 Å². The molecule has 1 rings (SSSR count). The third kappa shape index (κ3) is 5.77. The van der Waals surface area contributed by atoms with Crippen molar-refractivity contribution in [3.63, 3.8) is 0 Å². The van der Waals surface area contributed by atoms with E-state index in [2.05, 4.69) is 5.32 Å². The number of ether oxygens (including phenoxy) is 1. The molecule has 1 aliphatic carbocycles. The van der Waals surface area contributed by atoms with Crippen LogP contribution in [0.4, 0.5) is 4.79 Å². The number of nitrogens with one attached hydrogen (secondary N) is 1. The summed E-state index contributed by atoms with van der Waals surface area (Å²) in [5.74, 6) is -0.853. The molecule has 0 bridgehead atoms. The van der Waals surface area contributed by atoms with Crippen molar-refractivity contribution in [1.82, 2.24) is 10.2 Å². The number of aliphatic carboxylic acids is 1. The summed E-state index contributed by atoms with van der Waals surface area (Å²) in [5, 5.41) is 11.8. The molecule has 0 radical (unpaired) electrons. The maximum absolute atomic E-state index is 11.8. The van der Waals surface area contributed by atoms with E-state index in [4.69, 9.17) is 9.84 Å². The zero-order chi connectivity index (χ0) is 15.3. The van der Waals surface area contributed by atoms with E-state index in [1.54, 1.807) is 11.9 Å². The van der Waals surface area contributed by atoms with Crippen LogP contribution in [-0.4, -0.2) is 53.3 Å². The summed E-state index contributed by atoms with van der Waals surface area (Å²) in [4.78, 5) is 24.5. The van der Waals surface area contributed by atoms with E-state index in [1.165, 1.54) is 0 Å². The number of alkyl carbamates (subject to hydrolysis) is 1. The van der Waals surface area contributed by atoms with Gasteiger partial charge in [0.25, 0.3) is 0 Å². The van der Waals surface area contributed by atoms with Crippen molar-refractivity contribution in [3.8, 4) is 0 Å². The molecule has 1 fully saturated rings. The first kappa shape index (κ1) is 16.8. The number of nitrogens with zero attached hydrogens (tertiary/aromatic N) is 1. The highest BCUT2D eigenvalue weighted by Gasteiger charge is 2.31. The van der Waals surface area contributed by atoms with E-state index in [0.29, 0.717) is 0 Å². The second-order valence-corrected chi connectivity index (χ2v) is 6.41. The van der Waals surface area contributed by atoms with Crippen molar-refractivity contribution in [3.05, 3.63) is 0 Å². The van der Waals surface area contributed by atoms with Crippen LogP contribution in [0.5, 0.6) is 0 Å². The van der Waals surface area contributed by atoms with Gasteiger partial charge in [-0.25, -0.2) is 4.79 Å². The quantitative estimate of drug-likeness (QED) is 0.824. The third-order valence-electron chi connectivity index (χ3n) is 3.38. The first-order chi connectivity index (χ1) is 9.19. The molecule has 1 aliphatic rings. The van der Waals surface area contributed by atoms with Gasteiger partial charge >= 0.3 is 12.1 Å². The van der Waals surface area contributed by atoms with Crippen molar-refractivity contribution in [2.45, 2.75) is 64.1 Å². The molecule has 116 valence electrons. The fourth-order valence-electron chi connectivity index (χ4n) is 2.60. The molecule has 0 unspecified atom stereocenters. The maximum atomic E-state index is 11.8. The van der Waals surface area contributed by atoms with Crippen LogP contribution in [-0.2, 0) is 9.53 Å². The Morgan fingerprint density at radius 2 is 1.90 bits per heavy atom. The summed E-state index contributed by atoms with van der Waals surface area (Å²) in [5.41, 5.74) is -0.527. The average molecular weight is 286 g/mol. The fraction of sp³-hybridized carbons (Fsp3) is 0.857. The third-order valence-corrected chi connectivity index (χ3v) is 3.38. The number of hydrogen-bond donors (Lipinski definition) is 2. The van der Waals surface area contributed by atoms with E-state index < -0.39 is 17.7 Å². The first-order valence-corrected chi connectivity index (χ1v) is 7.10. The minimum absolute atomic E-state index is 0.0167. The van der Waals surface area contributed by atoms with E-state index in [9.17, 15) is 9.59 Å². The second kappa shape index (κ2) is 6.92. The minimum Gasteiger partial charge on any atom is -0.480 e. The molecule has 0 aromatic rings. The van der Waals surface area contributed by atoms with Crippen molar-refractivity contribution >= 4 is 12.1 Å². The molecular weight excluding hydrogens is 260 g/mol. The molecule has 0 saturated heterocycles. The van der Waals surface area contributed by atoms with Gasteiger partial charge in [-0.2, -0.15) is 0 Å². The van der Waals surface area contributed by atoms with E-state index in [1.807, 2.05) is 20.8 Å².